The molecule has 2 fully saturated rings. The molecule has 1 aromatic rings. The van der Waals surface area contributed by atoms with Crippen LogP contribution in [0.2, 0.25) is 0 Å². The van der Waals surface area contributed by atoms with Gasteiger partial charge >= 0.3 is 0 Å². The molecule has 2 aliphatic rings. The minimum atomic E-state index is -0.273. The number of anilines is 1. The Labute approximate surface area is 140 Å². The Kier molecular flexibility index (Phi) is 5.11. The van der Waals surface area contributed by atoms with E-state index in [1.807, 2.05) is 0 Å². The highest BCUT2D eigenvalue weighted by Gasteiger charge is 2.45. The molecule has 2 saturated heterocycles. The molecule has 3 rings (SSSR count). The van der Waals surface area contributed by atoms with Crippen LogP contribution in [0, 0.1) is 5.82 Å². The molecular weight excluding hydrogens is 313 g/mol. The third-order valence-corrected chi connectivity index (χ3v) is 4.85. The fraction of sp³-hybridized carbons (Fsp3) is 0.529. The number of halogens is 1. The molecule has 0 aromatic heterocycles. The van der Waals surface area contributed by atoms with Crippen molar-refractivity contribution in [1.29, 1.82) is 0 Å². The maximum atomic E-state index is 13.0. The van der Waals surface area contributed by atoms with Crippen LogP contribution in [0.3, 0.4) is 0 Å². The van der Waals surface area contributed by atoms with Gasteiger partial charge in [0, 0.05) is 12.8 Å². The summed E-state index contributed by atoms with van der Waals surface area (Å²) in [7, 11) is 1.56. The summed E-state index contributed by atoms with van der Waals surface area (Å²) in [5, 5.41) is 0. The second kappa shape index (κ2) is 7.27. The van der Waals surface area contributed by atoms with Crippen LogP contribution >= 0.6 is 0 Å². The van der Waals surface area contributed by atoms with E-state index in [2.05, 4.69) is 4.90 Å². The van der Waals surface area contributed by atoms with Crippen molar-refractivity contribution in [3.63, 3.8) is 0 Å². The van der Waals surface area contributed by atoms with Gasteiger partial charge in [-0.1, -0.05) is 0 Å². The van der Waals surface area contributed by atoms with Crippen molar-refractivity contribution < 1.29 is 23.6 Å². The van der Waals surface area contributed by atoms with Gasteiger partial charge in [-0.15, -0.1) is 0 Å². The van der Waals surface area contributed by atoms with Crippen LogP contribution in [0.4, 0.5) is 10.1 Å². The zero-order chi connectivity index (χ0) is 17.1. The smallest absolute Gasteiger partial charge is 0.288 e. The molecule has 1 N–H and O–H groups in total. The van der Waals surface area contributed by atoms with Gasteiger partial charge in [0.25, 0.3) is 5.91 Å². The van der Waals surface area contributed by atoms with E-state index in [0.29, 0.717) is 13.2 Å². The van der Waals surface area contributed by atoms with Gasteiger partial charge in [0.15, 0.2) is 6.04 Å². The summed E-state index contributed by atoms with van der Waals surface area (Å²) < 4.78 is 18.0. The monoisotopic (exact) mass is 336 g/mol. The van der Waals surface area contributed by atoms with Crippen LogP contribution < -0.4 is 9.80 Å². The number of carbonyl (C=O) groups excluding carboxylic acids is 2. The van der Waals surface area contributed by atoms with E-state index in [1.54, 1.807) is 19.2 Å². The third-order valence-electron chi connectivity index (χ3n) is 4.85. The number of hydrogen-bond acceptors (Lipinski definition) is 4. The molecule has 24 heavy (non-hydrogen) atoms. The highest BCUT2D eigenvalue weighted by molar-refractivity contribution is 6.04. The number of piperazine rings is 1. The van der Waals surface area contributed by atoms with E-state index >= 15 is 0 Å². The molecule has 0 spiro atoms. The quantitative estimate of drug-likeness (QED) is 0.723. The van der Waals surface area contributed by atoms with Gasteiger partial charge in [0.1, 0.15) is 5.82 Å². The average molecular weight is 336 g/mol. The fourth-order valence-corrected chi connectivity index (χ4v) is 3.47. The number of quaternary nitrogens is 1. The van der Waals surface area contributed by atoms with Gasteiger partial charge in [-0.25, -0.2) is 4.39 Å². The number of benzene rings is 1. The van der Waals surface area contributed by atoms with Crippen molar-refractivity contribution in [3.8, 4) is 0 Å². The Balaban J connectivity index is 1.57. The number of amides is 2. The van der Waals surface area contributed by atoms with Gasteiger partial charge in [-0.05, 0) is 24.3 Å². The Morgan fingerprint density at radius 3 is 2.50 bits per heavy atom. The number of likely N-dealkylation sites (tertiary alicyclic amines) is 1. The normalized spacial score (nSPS) is 22.5. The molecule has 1 aromatic carbocycles. The largest absolute Gasteiger partial charge is 0.383 e. The number of imide groups is 1. The molecule has 2 amide bonds. The summed E-state index contributed by atoms with van der Waals surface area (Å²) in [5.41, 5.74) is 0.992. The van der Waals surface area contributed by atoms with E-state index in [-0.39, 0.29) is 30.1 Å². The Morgan fingerprint density at radius 2 is 1.88 bits per heavy atom. The first-order valence-electron chi connectivity index (χ1n) is 8.28. The number of methoxy groups -OCH3 is 1. The lowest BCUT2D eigenvalue weighted by Gasteiger charge is -2.35. The lowest BCUT2D eigenvalue weighted by Crippen LogP contribution is -3.19. The van der Waals surface area contributed by atoms with Crippen molar-refractivity contribution in [2.24, 2.45) is 0 Å². The van der Waals surface area contributed by atoms with Crippen LogP contribution in [0.25, 0.3) is 0 Å². The van der Waals surface area contributed by atoms with Crippen LogP contribution in [0.1, 0.15) is 6.42 Å². The standard InChI is InChI=1S/C17H22FN3O3/c1-24-11-10-21-16(22)12-15(17(21)23)20-8-6-19(7-9-20)14-4-2-13(18)3-5-14/h2-5,15H,6-12H2,1H3/p+1/t15-/m0/s1. The Bertz CT molecular complexity index is 600. The van der Waals surface area contributed by atoms with Crippen molar-refractivity contribution in [2.75, 3.05) is 51.3 Å². The predicted octanol–water partition coefficient (Wildman–Crippen LogP) is -0.695. The number of ether oxygens (including phenoxy) is 1. The number of nitrogens with one attached hydrogen (secondary N) is 1. The van der Waals surface area contributed by atoms with Crippen molar-refractivity contribution in [3.05, 3.63) is 30.1 Å². The molecule has 2 heterocycles. The second-order valence-electron chi connectivity index (χ2n) is 6.25. The summed E-state index contributed by atoms with van der Waals surface area (Å²) in [6.45, 7) is 3.86. The minimum absolute atomic E-state index is 0.0812. The van der Waals surface area contributed by atoms with Gasteiger partial charge in [-0.3, -0.25) is 14.5 Å². The van der Waals surface area contributed by atoms with Crippen LogP contribution in [0.15, 0.2) is 24.3 Å². The molecule has 2 aliphatic heterocycles. The lowest BCUT2D eigenvalue weighted by atomic mass is 10.1. The lowest BCUT2D eigenvalue weighted by molar-refractivity contribution is -0.915. The Morgan fingerprint density at radius 1 is 1.21 bits per heavy atom. The third kappa shape index (κ3) is 3.42. The predicted molar refractivity (Wildman–Crippen MR) is 86.3 cm³/mol. The first kappa shape index (κ1) is 16.9. The van der Waals surface area contributed by atoms with E-state index in [1.165, 1.54) is 17.0 Å². The van der Waals surface area contributed by atoms with Gasteiger partial charge in [0.2, 0.25) is 5.91 Å². The molecule has 0 aliphatic carbocycles. The highest BCUT2D eigenvalue weighted by atomic mass is 19.1. The average Bonchev–Trinajstić information content (AvgIpc) is 2.88. The topological polar surface area (TPSA) is 54.3 Å². The van der Waals surface area contributed by atoms with E-state index < -0.39 is 0 Å². The van der Waals surface area contributed by atoms with Gasteiger partial charge in [0.05, 0.1) is 45.8 Å². The summed E-state index contributed by atoms with van der Waals surface area (Å²) in [6.07, 6.45) is 0.286. The van der Waals surface area contributed by atoms with Crippen molar-refractivity contribution in [2.45, 2.75) is 12.5 Å². The zero-order valence-electron chi connectivity index (χ0n) is 13.8. The SMILES string of the molecule is COCCN1C(=O)C[C@H]([NH+]2CCN(c3ccc(F)cc3)CC2)C1=O. The summed E-state index contributed by atoms with van der Waals surface area (Å²) >= 11 is 0. The van der Waals surface area contributed by atoms with Crippen molar-refractivity contribution in [1.82, 2.24) is 4.90 Å². The van der Waals surface area contributed by atoms with E-state index in [9.17, 15) is 14.0 Å². The second-order valence-corrected chi connectivity index (χ2v) is 6.25. The van der Waals surface area contributed by atoms with E-state index in [4.69, 9.17) is 4.74 Å². The van der Waals surface area contributed by atoms with E-state index in [0.717, 1.165) is 36.8 Å². The maximum Gasteiger partial charge on any atom is 0.288 e. The molecule has 130 valence electrons. The molecule has 0 unspecified atom stereocenters. The highest BCUT2D eigenvalue weighted by Crippen LogP contribution is 2.15. The minimum Gasteiger partial charge on any atom is -0.383 e. The molecular formula is C17H23FN3O3+. The number of hydrogen-bond donors (Lipinski definition) is 1. The van der Waals surface area contributed by atoms with Crippen LogP contribution in [-0.4, -0.2) is 69.2 Å². The molecule has 0 bridgehead atoms. The fourth-order valence-electron chi connectivity index (χ4n) is 3.47. The van der Waals surface area contributed by atoms with Crippen molar-refractivity contribution >= 4 is 17.5 Å². The van der Waals surface area contributed by atoms with Gasteiger partial charge in [-0.2, -0.15) is 0 Å². The first-order valence-corrected chi connectivity index (χ1v) is 8.28. The van der Waals surface area contributed by atoms with Crippen LogP contribution in [-0.2, 0) is 14.3 Å². The number of rotatable bonds is 5. The summed E-state index contributed by atoms with van der Waals surface area (Å²) in [6, 6.07) is 6.20. The molecule has 0 radical (unpaired) electrons. The zero-order valence-corrected chi connectivity index (χ0v) is 13.8. The summed E-state index contributed by atoms with van der Waals surface area (Å²) in [4.78, 5) is 29.2. The molecule has 6 nitrogen and oxygen atoms in total. The molecule has 7 heteroatoms. The van der Waals surface area contributed by atoms with Crippen LogP contribution in [0.5, 0.6) is 0 Å². The Hall–Kier alpha value is -1.99. The molecule has 1 atom stereocenters. The maximum absolute atomic E-state index is 13.0. The number of carbonyl (C=O) groups is 2. The van der Waals surface area contributed by atoms with Gasteiger partial charge < -0.3 is 14.5 Å². The number of nitrogens with zero attached hydrogens (tertiary/aromatic N) is 2. The first-order chi connectivity index (χ1) is 11.6. The molecule has 0 saturated carbocycles. The summed E-state index contributed by atoms with van der Waals surface area (Å²) in [5.74, 6) is -0.424.